The molecule has 0 aliphatic heterocycles. The topological polar surface area (TPSA) is 43.4 Å². The second-order valence-corrected chi connectivity index (χ2v) is 12.4. The van der Waals surface area contributed by atoms with Gasteiger partial charge in [-0.25, -0.2) is 0 Å². The standard InChI is InChI=1S/C37H70O3/c1-4-6-8-10-11-12-13-14-15-16-17-18-23-26-30-34-37(39)40-36(32-28-9-7-5-2)33-29-25-22-20-19-21-24-27-31-35(3)38/h25,29,36H,4-24,26-28,30-34H2,1-3H3/b29-25+. The second-order valence-electron chi connectivity index (χ2n) is 12.4. The summed E-state index contributed by atoms with van der Waals surface area (Å²) < 4.78 is 5.92. The summed E-state index contributed by atoms with van der Waals surface area (Å²) in [6, 6.07) is 0. The zero-order valence-electron chi connectivity index (χ0n) is 27.5. The van der Waals surface area contributed by atoms with E-state index in [0.717, 1.165) is 51.4 Å². The molecule has 0 spiro atoms. The smallest absolute Gasteiger partial charge is 0.306 e. The normalized spacial score (nSPS) is 12.3. The molecule has 0 aliphatic rings. The number of carbonyl (C=O) groups is 2. The second kappa shape index (κ2) is 32.4. The minimum atomic E-state index is 0.00847. The Hall–Kier alpha value is -1.12. The van der Waals surface area contributed by atoms with E-state index in [-0.39, 0.29) is 12.1 Å². The highest BCUT2D eigenvalue weighted by Gasteiger charge is 2.13. The summed E-state index contributed by atoms with van der Waals surface area (Å²) in [6.45, 7) is 6.20. The molecule has 0 aliphatic carbocycles. The molecule has 0 N–H and O–H groups in total. The Labute approximate surface area is 251 Å². The van der Waals surface area contributed by atoms with E-state index < -0.39 is 0 Å². The zero-order valence-corrected chi connectivity index (χ0v) is 27.5. The van der Waals surface area contributed by atoms with Gasteiger partial charge in [-0.1, -0.05) is 154 Å². The Balaban J connectivity index is 3.85. The molecule has 3 nitrogen and oxygen atoms in total. The number of unbranched alkanes of at least 4 members (excludes halogenated alkanes) is 22. The minimum absolute atomic E-state index is 0.00847. The van der Waals surface area contributed by atoms with Crippen LogP contribution >= 0.6 is 0 Å². The van der Waals surface area contributed by atoms with Gasteiger partial charge in [0.25, 0.3) is 0 Å². The van der Waals surface area contributed by atoms with Gasteiger partial charge >= 0.3 is 5.97 Å². The van der Waals surface area contributed by atoms with Crippen molar-refractivity contribution in [2.45, 2.75) is 213 Å². The summed E-state index contributed by atoms with van der Waals surface area (Å²) in [5.41, 5.74) is 0. The monoisotopic (exact) mass is 563 g/mol. The lowest BCUT2D eigenvalue weighted by Crippen LogP contribution is -2.17. The summed E-state index contributed by atoms with van der Waals surface area (Å²) in [6.07, 6.45) is 39.7. The molecule has 0 saturated carbocycles. The summed E-state index contributed by atoms with van der Waals surface area (Å²) in [4.78, 5) is 23.5. The Bertz CT molecular complexity index is 568. The Kier molecular flexibility index (Phi) is 31.5. The highest BCUT2D eigenvalue weighted by Crippen LogP contribution is 2.17. The van der Waals surface area contributed by atoms with E-state index in [0.29, 0.717) is 12.2 Å². The maximum atomic E-state index is 12.5. The number of allylic oxidation sites excluding steroid dienone is 1. The molecule has 0 bridgehead atoms. The van der Waals surface area contributed by atoms with Gasteiger partial charge in [-0.15, -0.1) is 0 Å². The van der Waals surface area contributed by atoms with Crippen LogP contribution in [0.5, 0.6) is 0 Å². The summed E-state index contributed by atoms with van der Waals surface area (Å²) >= 11 is 0. The predicted molar refractivity (Wildman–Crippen MR) is 175 cm³/mol. The van der Waals surface area contributed by atoms with Crippen molar-refractivity contribution in [1.82, 2.24) is 0 Å². The number of esters is 1. The largest absolute Gasteiger partial charge is 0.462 e. The molecular weight excluding hydrogens is 492 g/mol. The lowest BCUT2D eigenvalue weighted by atomic mass is 10.0. The number of ether oxygens (including phenoxy) is 1. The van der Waals surface area contributed by atoms with Crippen LogP contribution in [0.2, 0.25) is 0 Å². The fourth-order valence-corrected chi connectivity index (χ4v) is 5.44. The first-order valence-corrected chi connectivity index (χ1v) is 17.9. The maximum Gasteiger partial charge on any atom is 0.306 e. The zero-order chi connectivity index (χ0) is 29.4. The maximum absolute atomic E-state index is 12.5. The summed E-state index contributed by atoms with van der Waals surface area (Å²) in [5.74, 6) is 0.317. The van der Waals surface area contributed by atoms with Crippen LogP contribution in [0.25, 0.3) is 0 Å². The van der Waals surface area contributed by atoms with Gasteiger partial charge in [0.05, 0.1) is 0 Å². The van der Waals surface area contributed by atoms with Gasteiger partial charge in [-0.3, -0.25) is 4.79 Å². The first kappa shape index (κ1) is 38.9. The third kappa shape index (κ3) is 31.4. The molecule has 1 unspecified atom stereocenters. The van der Waals surface area contributed by atoms with Crippen molar-refractivity contribution in [2.24, 2.45) is 0 Å². The molecule has 3 heteroatoms. The van der Waals surface area contributed by atoms with Gasteiger partial charge in [-0.2, -0.15) is 0 Å². The molecule has 0 saturated heterocycles. The third-order valence-corrected chi connectivity index (χ3v) is 8.13. The number of Topliss-reactive ketones (excluding diaryl/α,β-unsaturated/α-hetero) is 1. The van der Waals surface area contributed by atoms with Crippen LogP contribution in [-0.2, 0) is 14.3 Å². The first-order valence-electron chi connectivity index (χ1n) is 17.9. The van der Waals surface area contributed by atoms with Crippen molar-refractivity contribution < 1.29 is 14.3 Å². The van der Waals surface area contributed by atoms with Crippen LogP contribution in [0.3, 0.4) is 0 Å². The lowest BCUT2D eigenvalue weighted by Gasteiger charge is -2.16. The van der Waals surface area contributed by atoms with E-state index in [4.69, 9.17) is 4.74 Å². The van der Waals surface area contributed by atoms with E-state index in [1.807, 2.05) is 0 Å². The summed E-state index contributed by atoms with van der Waals surface area (Å²) in [5, 5.41) is 0. The van der Waals surface area contributed by atoms with Gasteiger partial charge < -0.3 is 9.53 Å². The Morgan fingerprint density at radius 2 is 0.950 bits per heavy atom. The van der Waals surface area contributed by atoms with Gasteiger partial charge in [0.15, 0.2) is 0 Å². The van der Waals surface area contributed by atoms with Crippen molar-refractivity contribution in [1.29, 1.82) is 0 Å². The highest BCUT2D eigenvalue weighted by atomic mass is 16.5. The molecule has 236 valence electrons. The van der Waals surface area contributed by atoms with Crippen LogP contribution in [0, 0.1) is 0 Å². The van der Waals surface area contributed by atoms with Gasteiger partial charge in [0.2, 0.25) is 0 Å². The SMILES string of the molecule is CCCCCCCCCCCCCCCCCC(=O)OC(C/C=C/CCCCCCCC(C)=O)CCCCCC. The van der Waals surface area contributed by atoms with Crippen molar-refractivity contribution in [3.8, 4) is 0 Å². The van der Waals surface area contributed by atoms with Crippen molar-refractivity contribution in [3.05, 3.63) is 12.2 Å². The highest BCUT2D eigenvalue weighted by molar-refractivity contribution is 5.75. The average Bonchev–Trinajstić information content (AvgIpc) is 2.93. The number of rotatable bonds is 32. The molecule has 0 amide bonds. The third-order valence-electron chi connectivity index (χ3n) is 8.13. The molecule has 0 aromatic rings. The number of ketones is 1. The molecule has 0 fully saturated rings. The number of carbonyl (C=O) groups excluding carboxylic acids is 2. The Morgan fingerprint density at radius 3 is 1.45 bits per heavy atom. The first-order chi connectivity index (χ1) is 19.6. The fourth-order valence-electron chi connectivity index (χ4n) is 5.44. The van der Waals surface area contributed by atoms with Crippen LogP contribution in [0.4, 0.5) is 0 Å². The molecule has 0 aromatic heterocycles. The average molecular weight is 563 g/mol. The van der Waals surface area contributed by atoms with Gasteiger partial charge in [0.1, 0.15) is 11.9 Å². The summed E-state index contributed by atoms with van der Waals surface area (Å²) in [7, 11) is 0. The van der Waals surface area contributed by atoms with E-state index >= 15 is 0 Å². The van der Waals surface area contributed by atoms with Crippen LogP contribution in [-0.4, -0.2) is 17.9 Å². The molecule has 0 rings (SSSR count). The quantitative estimate of drug-likeness (QED) is 0.0465. The van der Waals surface area contributed by atoms with Crippen LogP contribution in [0.1, 0.15) is 207 Å². The molecule has 40 heavy (non-hydrogen) atoms. The lowest BCUT2D eigenvalue weighted by molar-refractivity contribution is -0.149. The van der Waals surface area contributed by atoms with E-state index in [9.17, 15) is 9.59 Å². The minimum Gasteiger partial charge on any atom is -0.462 e. The number of hydrogen-bond acceptors (Lipinski definition) is 3. The predicted octanol–water partition coefficient (Wildman–Crippen LogP) is 12.4. The Morgan fingerprint density at radius 1 is 0.525 bits per heavy atom. The van der Waals surface area contributed by atoms with E-state index in [2.05, 4.69) is 26.0 Å². The van der Waals surface area contributed by atoms with Crippen molar-refractivity contribution in [3.63, 3.8) is 0 Å². The number of hydrogen-bond donors (Lipinski definition) is 0. The van der Waals surface area contributed by atoms with Crippen LogP contribution in [0.15, 0.2) is 12.2 Å². The molecule has 0 aromatic carbocycles. The van der Waals surface area contributed by atoms with Crippen molar-refractivity contribution in [2.75, 3.05) is 0 Å². The van der Waals surface area contributed by atoms with E-state index in [1.165, 1.54) is 128 Å². The molecule has 1 atom stereocenters. The fraction of sp³-hybridized carbons (Fsp3) is 0.892. The molecule has 0 radical (unpaired) electrons. The molecular formula is C37H70O3. The van der Waals surface area contributed by atoms with Gasteiger partial charge in [-0.05, 0) is 45.4 Å². The van der Waals surface area contributed by atoms with Crippen LogP contribution < -0.4 is 0 Å². The molecule has 0 heterocycles. The van der Waals surface area contributed by atoms with Crippen molar-refractivity contribution >= 4 is 11.8 Å². The van der Waals surface area contributed by atoms with Gasteiger partial charge in [0, 0.05) is 19.3 Å². The van der Waals surface area contributed by atoms with E-state index in [1.54, 1.807) is 6.92 Å².